The number of benzene rings is 3. The second-order valence-corrected chi connectivity index (χ2v) is 10.2. The zero-order valence-corrected chi connectivity index (χ0v) is 20.5. The Labute approximate surface area is 212 Å². The van der Waals surface area contributed by atoms with Crippen LogP contribution in [0, 0.1) is 5.92 Å². The van der Waals surface area contributed by atoms with Crippen LogP contribution < -0.4 is 10.4 Å². The van der Waals surface area contributed by atoms with E-state index in [0.29, 0.717) is 5.92 Å². The van der Waals surface area contributed by atoms with Crippen molar-refractivity contribution in [3.05, 3.63) is 119 Å². The summed E-state index contributed by atoms with van der Waals surface area (Å²) in [7, 11) is 0. The molecule has 0 amide bonds. The van der Waals surface area contributed by atoms with Gasteiger partial charge >= 0.3 is 0 Å². The van der Waals surface area contributed by atoms with Gasteiger partial charge in [0.15, 0.2) is 0 Å². The van der Waals surface area contributed by atoms with Crippen molar-refractivity contribution >= 4 is 28.5 Å². The van der Waals surface area contributed by atoms with Crippen molar-refractivity contribution in [2.75, 3.05) is 0 Å². The molecule has 0 radical (unpaired) electrons. The van der Waals surface area contributed by atoms with E-state index in [1.807, 2.05) is 18.5 Å². The fourth-order valence-electron chi connectivity index (χ4n) is 6.32. The first-order valence-corrected chi connectivity index (χ1v) is 13.2. The smallest absolute Gasteiger partial charge is 0.0346 e. The third-order valence-electron chi connectivity index (χ3n) is 8.05. The van der Waals surface area contributed by atoms with E-state index < -0.39 is 0 Å². The predicted octanol–water partition coefficient (Wildman–Crippen LogP) is 7.60. The van der Waals surface area contributed by atoms with E-state index in [0.717, 1.165) is 24.8 Å². The van der Waals surface area contributed by atoms with Crippen LogP contribution in [0.25, 0.3) is 50.8 Å². The van der Waals surface area contributed by atoms with E-state index in [2.05, 4.69) is 96.0 Å². The number of aromatic nitrogens is 1. The Morgan fingerprint density at radius 3 is 2.19 bits per heavy atom. The monoisotopic (exact) mass is 463 g/mol. The van der Waals surface area contributed by atoms with E-state index in [4.69, 9.17) is 0 Å². The van der Waals surface area contributed by atoms with Crippen molar-refractivity contribution in [3.8, 4) is 22.3 Å². The highest BCUT2D eigenvalue weighted by Gasteiger charge is 2.23. The minimum Gasteiger partial charge on any atom is -0.264 e. The van der Waals surface area contributed by atoms with Gasteiger partial charge in [0.1, 0.15) is 0 Å². The Hall–Kier alpha value is -3.97. The molecule has 3 aromatic carbocycles. The van der Waals surface area contributed by atoms with Gasteiger partial charge in [0.25, 0.3) is 0 Å². The first-order chi connectivity index (χ1) is 17.9. The number of hydrogen-bond donors (Lipinski definition) is 0. The Bertz CT molecular complexity index is 1680. The lowest BCUT2D eigenvalue weighted by molar-refractivity contribution is 0.573. The van der Waals surface area contributed by atoms with Gasteiger partial charge in [-0.2, -0.15) is 0 Å². The molecule has 36 heavy (non-hydrogen) atoms. The Kier molecular flexibility index (Phi) is 5.28. The van der Waals surface area contributed by atoms with Crippen LogP contribution >= 0.6 is 0 Å². The van der Waals surface area contributed by atoms with Crippen molar-refractivity contribution in [2.24, 2.45) is 5.92 Å². The molecule has 0 saturated carbocycles. The molecule has 0 spiro atoms. The standard InChI is InChI=1S/C35H29N/c1-2-9-27-22-28(20-17-24(27)8-1)35-32-13-5-3-11-30(32)34(31-12-4-6-14-33(31)35)26-18-15-25(16-19-26)29-10-7-21-36-23-29/h1,3,5,7-8,10-21,23,27H,2,4,6,9,22H2. The topological polar surface area (TPSA) is 12.9 Å². The lowest BCUT2D eigenvalue weighted by Gasteiger charge is -2.27. The van der Waals surface area contributed by atoms with Crippen LogP contribution in [0.5, 0.6) is 0 Å². The maximum absolute atomic E-state index is 4.30. The minimum absolute atomic E-state index is 0.650. The molecule has 0 N–H and O–H groups in total. The first-order valence-electron chi connectivity index (χ1n) is 13.2. The molecule has 3 aliphatic rings. The first kappa shape index (κ1) is 21.3. The van der Waals surface area contributed by atoms with Crippen LogP contribution in [0.4, 0.5) is 0 Å². The summed E-state index contributed by atoms with van der Waals surface area (Å²) in [5, 5.41) is 5.57. The number of hydrogen-bond acceptors (Lipinski definition) is 1. The molecule has 4 aromatic rings. The molecular formula is C35H29N. The van der Waals surface area contributed by atoms with Gasteiger partial charge in [0.05, 0.1) is 0 Å². The molecule has 1 nitrogen and oxygen atoms in total. The van der Waals surface area contributed by atoms with Crippen LogP contribution in [0.2, 0.25) is 0 Å². The molecule has 174 valence electrons. The average molecular weight is 464 g/mol. The SMILES string of the molecule is C1=CC2=CC=C(c3c4c(c(-c5ccc(-c6cccnc6)cc5)c5ccccc35)=CCCC=4)CC2CC1. The number of fused-ring (bicyclic) bond motifs is 3. The molecule has 3 aliphatic carbocycles. The van der Waals surface area contributed by atoms with Crippen molar-refractivity contribution in [1.82, 2.24) is 4.98 Å². The Balaban J connectivity index is 1.45. The van der Waals surface area contributed by atoms with Crippen LogP contribution in [0.1, 0.15) is 37.7 Å². The van der Waals surface area contributed by atoms with Crippen molar-refractivity contribution < 1.29 is 0 Å². The van der Waals surface area contributed by atoms with Crippen LogP contribution in [0.3, 0.4) is 0 Å². The van der Waals surface area contributed by atoms with E-state index in [-0.39, 0.29) is 0 Å². The molecule has 0 fully saturated rings. The molecule has 0 aliphatic heterocycles. The minimum atomic E-state index is 0.650. The maximum atomic E-state index is 4.30. The van der Waals surface area contributed by atoms with Gasteiger partial charge in [-0.1, -0.05) is 91.1 Å². The largest absolute Gasteiger partial charge is 0.264 e. The number of nitrogens with zero attached hydrogens (tertiary/aromatic N) is 1. The van der Waals surface area contributed by atoms with Gasteiger partial charge in [-0.3, -0.25) is 4.98 Å². The van der Waals surface area contributed by atoms with Gasteiger partial charge in [0, 0.05) is 12.4 Å². The lowest BCUT2D eigenvalue weighted by atomic mass is 9.77. The lowest BCUT2D eigenvalue weighted by Crippen LogP contribution is -2.33. The summed E-state index contributed by atoms with van der Waals surface area (Å²) in [6.07, 6.45) is 24.0. The van der Waals surface area contributed by atoms with E-state index in [1.54, 1.807) is 0 Å². The maximum Gasteiger partial charge on any atom is 0.0346 e. The highest BCUT2D eigenvalue weighted by molar-refractivity contribution is 6.04. The molecule has 1 atom stereocenters. The zero-order chi connectivity index (χ0) is 23.9. The van der Waals surface area contributed by atoms with Gasteiger partial charge < -0.3 is 0 Å². The second-order valence-electron chi connectivity index (χ2n) is 10.2. The summed E-state index contributed by atoms with van der Waals surface area (Å²) in [5.74, 6) is 0.650. The van der Waals surface area contributed by atoms with Crippen molar-refractivity contribution in [3.63, 3.8) is 0 Å². The van der Waals surface area contributed by atoms with Crippen molar-refractivity contribution in [1.29, 1.82) is 0 Å². The third kappa shape index (κ3) is 3.58. The van der Waals surface area contributed by atoms with E-state index >= 15 is 0 Å². The van der Waals surface area contributed by atoms with E-state index in [9.17, 15) is 0 Å². The Morgan fingerprint density at radius 2 is 1.42 bits per heavy atom. The number of rotatable bonds is 3. The summed E-state index contributed by atoms with van der Waals surface area (Å²) in [6, 6.07) is 22.2. The molecule has 1 aromatic heterocycles. The average Bonchev–Trinajstić information content (AvgIpc) is 2.96. The number of allylic oxidation sites excluding steroid dienone is 6. The van der Waals surface area contributed by atoms with Crippen LogP contribution in [-0.4, -0.2) is 4.98 Å². The van der Waals surface area contributed by atoms with E-state index in [1.165, 1.54) is 67.5 Å². The predicted molar refractivity (Wildman–Crippen MR) is 153 cm³/mol. The van der Waals surface area contributed by atoms with Gasteiger partial charge in [0.2, 0.25) is 0 Å². The van der Waals surface area contributed by atoms with Crippen LogP contribution in [0.15, 0.2) is 103 Å². The quantitative estimate of drug-likeness (QED) is 0.305. The summed E-state index contributed by atoms with van der Waals surface area (Å²) in [5.41, 5.74) is 9.46. The van der Waals surface area contributed by atoms with Crippen LogP contribution in [-0.2, 0) is 0 Å². The fraction of sp³-hybridized carbons (Fsp3) is 0.171. The molecule has 7 rings (SSSR count). The zero-order valence-electron chi connectivity index (χ0n) is 20.5. The molecular weight excluding hydrogens is 434 g/mol. The van der Waals surface area contributed by atoms with Gasteiger partial charge in [-0.15, -0.1) is 0 Å². The third-order valence-corrected chi connectivity index (χ3v) is 8.05. The normalized spacial score (nSPS) is 18.4. The molecule has 1 heteroatoms. The van der Waals surface area contributed by atoms with Crippen molar-refractivity contribution in [2.45, 2.75) is 32.1 Å². The summed E-state index contributed by atoms with van der Waals surface area (Å²) >= 11 is 0. The highest BCUT2D eigenvalue weighted by Crippen LogP contribution is 2.39. The fourth-order valence-corrected chi connectivity index (χ4v) is 6.32. The van der Waals surface area contributed by atoms with Gasteiger partial charge in [-0.05, 0) is 104 Å². The summed E-state index contributed by atoms with van der Waals surface area (Å²) in [6.45, 7) is 0. The highest BCUT2D eigenvalue weighted by atomic mass is 14.6. The summed E-state index contributed by atoms with van der Waals surface area (Å²) in [4.78, 5) is 4.30. The molecule has 0 bridgehead atoms. The second kappa shape index (κ2) is 8.91. The molecule has 1 unspecified atom stereocenters. The summed E-state index contributed by atoms with van der Waals surface area (Å²) < 4.78 is 0. The number of pyridine rings is 1. The molecule has 0 saturated heterocycles. The molecule has 1 heterocycles. The van der Waals surface area contributed by atoms with Gasteiger partial charge in [-0.25, -0.2) is 0 Å². The Morgan fingerprint density at radius 1 is 0.667 bits per heavy atom.